The van der Waals surface area contributed by atoms with Crippen LogP contribution in [0.15, 0.2) is 49.1 Å². The molecule has 31 heavy (non-hydrogen) atoms. The molecular formula is C24H27N5O2. The third-order valence-corrected chi connectivity index (χ3v) is 6.25. The molecule has 3 aromatic rings. The van der Waals surface area contributed by atoms with E-state index in [1.165, 1.54) is 6.42 Å². The molecule has 3 aromatic heterocycles. The maximum atomic E-state index is 13.5. The van der Waals surface area contributed by atoms with Gasteiger partial charge in [0.25, 0.3) is 5.91 Å². The van der Waals surface area contributed by atoms with Gasteiger partial charge in [0, 0.05) is 62.9 Å². The van der Waals surface area contributed by atoms with E-state index in [1.807, 2.05) is 35.4 Å². The highest BCUT2D eigenvalue weighted by molar-refractivity contribution is 6.01. The number of aromatic nitrogens is 3. The normalized spacial score (nSPS) is 20.1. The second kappa shape index (κ2) is 9.08. The molecule has 0 bridgehead atoms. The third kappa shape index (κ3) is 4.43. The molecule has 0 N–H and O–H groups in total. The number of carbonyl (C=O) groups excluding carboxylic acids is 1. The molecule has 0 unspecified atom stereocenters. The molecule has 2 aliphatic heterocycles. The Bertz CT molecular complexity index is 1050. The fourth-order valence-corrected chi connectivity index (χ4v) is 4.66. The van der Waals surface area contributed by atoms with Gasteiger partial charge in [-0.05, 0) is 54.2 Å². The minimum Gasteiger partial charge on any atom is -0.379 e. The van der Waals surface area contributed by atoms with Crippen molar-refractivity contribution in [3.05, 3.63) is 54.7 Å². The van der Waals surface area contributed by atoms with E-state index in [0.717, 1.165) is 74.4 Å². The second-order valence-electron chi connectivity index (χ2n) is 8.36. The topological polar surface area (TPSA) is 71.5 Å². The van der Waals surface area contributed by atoms with Crippen molar-refractivity contribution in [1.82, 2.24) is 24.8 Å². The molecule has 5 rings (SSSR count). The van der Waals surface area contributed by atoms with Crippen molar-refractivity contribution in [1.29, 1.82) is 0 Å². The zero-order valence-electron chi connectivity index (χ0n) is 17.6. The van der Waals surface area contributed by atoms with Crippen molar-refractivity contribution in [2.24, 2.45) is 5.92 Å². The minimum atomic E-state index is 0.0145. The number of pyridine rings is 3. The van der Waals surface area contributed by atoms with Crippen LogP contribution in [-0.4, -0.2) is 76.6 Å². The van der Waals surface area contributed by atoms with Crippen LogP contribution in [0, 0.1) is 5.92 Å². The van der Waals surface area contributed by atoms with E-state index in [9.17, 15) is 4.79 Å². The Labute approximate surface area is 182 Å². The first-order valence-electron chi connectivity index (χ1n) is 11.0. The van der Waals surface area contributed by atoms with Gasteiger partial charge in [-0.15, -0.1) is 0 Å². The van der Waals surface area contributed by atoms with E-state index in [0.29, 0.717) is 11.6 Å². The number of ether oxygens (including phenoxy) is 1. The number of piperidine rings is 1. The maximum Gasteiger partial charge on any atom is 0.272 e. The number of rotatable bonds is 4. The summed E-state index contributed by atoms with van der Waals surface area (Å²) in [6.45, 7) is 6.20. The van der Waals surface area contributed by atoms with E-state index in [4.69, 9.17) is 9.72 Å². The lowest BCUT2D eigenvalue weighted by molar-refractivity contribution is 0.0223. The highest BCUT2D eigenvalue weighted by Gasteiger charge is 2.27. The number of likely N-dealkylation sites (tertiary alicyclic amines) is 1. The number of fused-ring (bicyclic) bond motifs is 1. The van der Waals surface area contributed by atoms with Crippen molar-refractivity contribution in [2.45, 2.75) is 12.8 Å². The summed E-state index contributed by atoms with van der Waals surface area (Å²) >= 11 is 0. The number of morpholine rings is 1. The van der Waals surface area contributed by atoms with Gasteiger partial charge in [-0.3, -0.25) is 19.7 Å². The van der Waals surface area contributed by atoms with Crippen molar-refractivity contribution >= 4 is 16.8 Å². The van der Waals surface area contributed by atoms with Crippen LogP contribution < -0.4 is 0 Å². The molecule has 2 fully saturated rings. The van der Waals surface area contributed by atoms with Crippen LogP contribution in [0.2, 0.25) is 0 Å². The van der Waals surface area contributed by atoms with Crippen LogP contribution in [0.3, 0.4) is 0 Å². The lowest BCUT2D eigenvalue weighted by Crippen LogP contribution is -2.46. The minimum absolute atomic E-state index is 0.0145. The van der Waals surface area contributed by atoms with E-state index in [2.05, 4.69) is 14.9 Å². The average molecular weight is 418 g/mol. The standard InChI is InChI=1S/C24H27N5O2/c30-24(29-9-1-2-18(17-29)16-28-10-12-31-13-11-28)23-14-20(19-3-6-25-7-4-19)21-15-26-8-5-22(21)27-23/h3-8,14-15,18H,1-2,9-13,16-17H2/t18-/m0/s1. The van der Waals surface area contributed by atoms with Gasteiger partial charge in [-0.1, -0.05) is 0 Å². The number of hydrogen-bond donors (Lipinski definition) is 0. The fraction of sp³-hybridized carbons (Fsp3) is 0.417. The average Bonchev–Trinajstić information content (AvgIpc) is 2.84. The molecule has 0 radical (unpaired) electrons. The van der Waals surface area contributed by atoms with E-state index >= 15 is 0 Å². The summed E-state index contributed by atoms with van der Waals surface area (Å²) in [5.74, 6) is 0.515. The van der Waals surface area contributed by atoms with E-state index in [-0.39, 0.29) is 5.91 Å². The van der Waals surface area contributed by atoms with Gasteiger partial charge in [-0.2, -0.15) is 0 Å². The Hall–Kier alpha value is -2.90. The van der Waals surface area contributed by atoms with Gasteiger partial charge in [-0.25, -0.2) is 4.98 Å². The first-order chi connectivity index (χ1) is 15.3. The molecule has 7 heteroatoms. The molecule has 0 spiro atoms. The number of nitrogens with zero attached hydrogens (tertiary/aromatic N) is 5. The Morgan fingerprint density at radius 2 is 1.87 bits per heavy atom. The van der Waals surface area contributed by atoms with E-state index in [1.54, 1.807) is 18.6 Å². The van der Waals surface area contributed by atoms with Gasteiger partial charge in [0.2, 0.25) is 0 Å². The Morgan fingerprint density at radius 1 is 1.06 bits per heavy atom. The zero-order chi connectivity index (χ0) is 21.0. The lowest BCUT2D eigenvalue weighted by atomic mass is 9.96. The first-order valence-corrected chi connectivity index (χ1v) is 11.0. The molecule has 2 aliphatic rings. The van der Waals surface area contributed by atoms with Crippen LogP contribution in [0.5, 0.6) is 0 Å². The zero-order valence-corrected chi connectivity index (χ0v) is 17.6. The predicted molar refractivity (Wildman–Crippen MR) is 119 cm³/mol. The van der Waals surface area contributed by atoms with Crippen molar-refractivity contribution in [3.63, 3.8) is 0 Å². The summed E-state index contributed by atoms with van der Waals surface area (Å²) in [6, 6.07) is 7.69. The smallest absolute Gasteiger partial charge is 0.272 e. The fourth-order valence-electron chi connectivity index (χ4n) is 4.66. The molecule has 1 atom stereocenters. The van der Waals surface area contributed by atoms with Gasteiger partial charge < -0.3 is 9.64 Å². The summed E-state index contributed by atoms with van der Waals surface area (Å²) in [5.41, 5.74) is 3.26. The summed E-state index contributed by atoms with van der Waals surface area (Å²) in [6.07, 6.45) is 9.27. The van der Waals surface area contributed by atoms with Gasteiger partial charge in [0.15, 0.2) is 0 Å². The SMILES string of the molecule is O=C(c1cc(-c2ccncc2)c2cnccc2n1)N1CCC[C@@H](CN2CCOCC2)C1. The quantitative estimate of drug-likeness (QED) is 0.650. The van der Waals surface area contributed by atoms with Crippen LogP contribution in [0.4, 0.5) is 0 Å². The summed E-state index contributed by atoms with van der Waals surface area (Å²) in [7, 11) is 0. The highest BCUT2D eigenvalue weighted by Crippen LogP contribution is 2.29. The van der Waals surface area contributed by atoms with Gasteiger partial charge >= 0.3 is 0 Å². The second-order valence-corrected chi connectivity index (χ2v) is 8.36. The molecular weight excluding hydrogens is 390 g/mol. The summed E-state index contributed by atoms with van der Waals surface area (Å²) in [5, 5.41) is 0.939. The Kier molecular flexibility index (Phi) is 5.86. The molecule has 0 aromatic carbocycles. The molecule has 0 saturated carbocycles. The molecule has 7 nitrogen and oxygen atoms in total. The van der Waals surface area contributed by atoms with Crippen LogP contribution in [0.1, 0.15) is 23.3 Å². The number of amides is 1. The number of hydrogen-bond acceptors (Lipinski definition) is 6. The molecule has 1 amide bonds. The van der Waals surface area contributed by atoms with Crippen molar-refractivity contribution < 1.29 is 9.53 Å². The predicted octanol–water partition coefficient (Wildman–Crippen LogP) is 2.88. The summed E-state index contributed by atoms with van der Waals surface area (Å²) in [4.78, 5) is 31.0. The van der Waals surface area contributed by atoms with E-state index < -0.39 is 0 Å². The van der Waals surface area contributed by atoms with Crippen molar-refractivity contribution in [3.8, 4) is 11.1 Å². The Morgan fingerprint density at radius 3 is 2.71 bits per heavy atom. The monoisotopic (exact) mass is 417 g/mol. The maximum absolute atomic E-state index is 13.5. The van der Waals surface area contributed by atoms with Crippen molar-refractivity contribution in [2.75, 3.05) is 45.9 Å². The van der Waals surface area contributed by atoms with Crippen LogP contribution >= 0.6 is 0 Å². The first kappa shape index (κ1) is 20.0. The largest absolute Gasteiger partial charge is 0.379 e. The third-order valence-electron chi connectivity index (χ3n) is 6.25. The number of carbonyl (C=O) groups is 1. The molecule has 5 heterocycles. The molecule has 160 valence electrons. The van der Waals surface area contributed by atoms with Crippen LogP contribution in [0.25, 0.3) is 22.0 Å². The van der Waals surface area contributed by atoms with Crippen LogP contribution in [-0.2, 0) is 4.74 Å². The van der Waals surface area contributed by atoms with Gasteiger partial charge in [0.05, 0.1) is 18.7 Å². The molecule has 2 saturated heterocycles. The Balaban J connectivity index is 1.40. The lowest BCUT2D eigenvalue weighted by Gasteiger charge is -2.36. The van der Waals surface area contributed by atoms with Gasteiger partial charge in [0.1, 0.15) is 5.69 Å². The summed E-state index contributed by atoms with van der Waals surface area (Å²) < 4.78 is 5.47. The molecule has 0 aliphatic carbocycles. The highest BCUT2D eigenvalue weighted by atomic mass is 16.5.